The largest absolute Gasteiger partial charge is 0.396 e. The van der Waals surface area contributed by atoms with Gasteiger partial charge >= 0.3 is 0 Å². The van der Waals surface area contributed by atoms with Gasteiger partial charge in [0, 0.05) is 12.5 Å². The first-order valence-corrected chi connectivity index (χ1v) is 6.71. The topological polar surface area (TPSA) is 40.5 Å². The third kappa shape index (κ3) is 1.70. The summed E-state index contributed by atoms with van der Waals surface area (Å²) in [5.41, 5.74) is 0.523. The fraction of sp³-hybridized carbons (Fsp3) is 1.00. The molecular formula is C14H26O2. The SMILES string of the molecule is CC1(C)CCC[C@]2(C)C1CC[C@H](O)[C@H]2CO. The van der Waals surface area contributed by atoms with Crippen LogP contribution in [0.15, 0.2) is 0 Å². The van der Waals surface area contributed by atoms with Crippen molar-refractivity contribution in [2.75, 3.05) is 6.61 Å². The maximum absolute atomic E-state index is 10.1. The summed E-state index contributed by atoms with van der Waals surface area (Å²) in [7, 11) is 0. The lowest BCUT2D eigenvalue weighted by atomic mass is 9.48. The molecule has 0 aromatic carbocycles. The number of hydrogen-bond acceptors (Lipinski definition) is 2. The molecule has 0 aromatic heterocycles. The first-order valence-electron chi connectivity index (χ1n) is 6.71. The Kier molecular flexibility index (Phi) is 3.09. The van der Waals surface area contributed by atoms with E-state index in [4.69, 9.17) is 0 Å². The molecule has 16 heavy (non-hydrogen) atoms. The van der Waals surface area contributed by atoms with Crippen LogP contribution >= 0.6 is 0 Å². The lowest BCUT2D eigenvalue weighted by Crippen LogP contribution is -2.54. The highest BCUT2D eigenvalue weighted by Gasteiger charge is 2.54. The predicted octanol–water partition coefficient (Wildman–Crippen LogP) is 2.58. The monoisotopic (exact) mass is 226 g/mol. The quantitative estimate of drug-likeness (QED) is 0.721. The Labute approximate surface area is 99.1 Å². The van der Waals surface area contributed by atoms with Gasteiger partial charge in [-0.2, -0.15) is 0 Å². The molecule has 0 aromatic rings. The lowest BCUT2D eigenvalue weighted by Gasteiger charge is -2.58. The summed E-state index contributed by atoms with van der Waals surface area (Å²) in [5, 5.41) is 19.7. The van der Waals surface area contributed by atoms with E-state index in [1.165, 1.54) is 19.3 Å². The number of aliphatic hydroxyl groups is 2. The van der Waals surface area contributed by atoms with Crippen molar-refractivity contribution < 1.29 is 10.2 Å². The zero-order valence-corrected chi connectivity index (χ0v) is 10.9. The van der Waals surface area contributed by atoms with Gasteiger partial charge < -0.3 is 10.2 Å². The summed E-state index contributed by atoms with van der Waals surface area (Å²) in [4.78, 5) is 0. The normalized spacial score (nSPS) is 47.4. The molecule has 0 saturated heterocycles. The Morgan fingerprint density at radius 2 is 1.81 bits per heavy atom. The van der Waals surface area contributed by atoms with E-state index in [-0.39, 0.29) is 24.0 Å². The molecule has 0 bridgehead atoms. The summed E-state index contributed by atoms with van der Waals surface area (Å²) >= 11 is 0. The van der Waals surface area contributed by atoms with Crippen molar-refractivity contribution in [3.8, 4) is 0 Å². The zero-order valence-electron chi connectivity index (χ0n) is 10.9. The highest BCUT2D eigenvalue weighted by molar-refractivity contribution is 5.03. The number of hydrogen-bond donors (Lipinski definition) is 2. The van der Waals surface area contributed by atoms with Crippen molar-refractivity contribution in [1.29, 1.82) is 0 Å². The van der Waals surface area contributed by atoms with Gasteiger partial charge in [-0.1, -0.05) is 27.2 Å². The van der Waals surface area contributed by atoms with Crippen molar-refractivity contribution >= 4 is 0 Å². The molecule has 0 amide bonds. The van der Waals surface area contributed by atoms with E-state index in [0.717, 1.165) is 12.8 Å². The molecule has 2 N–H and O–H groups in total. The van der Waals surface area contributed by atoms with Crippen LogP contribution in [0.5, 0.6) is 0 Å². The standard InChI is InChI=1S/C14H26O2/c1-13(2)7-4-8-14(3)10(9-15)11(16)5-6-12(13)14/h10-12,15-16H,4-9H2,1-3H3/t10-,11+,12?,14+/m1/s1. The van der Waals surface area contributed by atoms with E-state index in [2.05, 4.69) is 20.8 Å². The Hall–Kier alpha value is -0.0800. The van der Waals surface area contributed by atoms with Crippen molar-refractivity contribution in [2.45, 2.75) is 59.0 Å². The van der Waals surface area contributed by atoms with Crippen LogP contribution in [-0.4, -0.2) is 22.9 Å². The Bertz CT molecular complexity index is 261. The predicted molar refractivity (Wildman–Crippen MR) is 65.0 cm³/mol. The molecule has 2 aliphatic rings. The molecule has 1 unspecified atom stereocenters. The fourth-order valence-corrected chi connectivity index (χ4v) is 4.64. The molecule has 2 saturated carbocycles. The molecule has 2 nitrogen and oxygen atoms in total. The van der Waals surface area contributed by atoms with Crippen LogP contribution in [0.4, 0.5) is 0 Å². The summed E-state index contributed by atoms with van der Waals surface area (Å²) in [6.07, 6.45) is 5.41. The molecule has 94 valence electrons. The van der Waals surface area contributed by atoms with Gasteiger partial charge in [-0.15, -0.1) is 0 Å². The van der Waals surface area contributed by atoms with Crippen LogP contribution in [-0.2, 0) is 0 Å². The van der Waals surface area contributed by atoms with Crippen LogP contribution in [0.2, 0.25) is 0 Å². The van der Waals surface area contributed by atoms with Gasteiger partial charge in [0.25, 0.3) is 0 Å². The van der Waals surface area contributed by atoms with Crippen LogP contribution in [0.1, 0.15) is 52.9 Å². The van der Waals surface area contributed by atoms with Crippen LogP contribution < -0.4 is 0 Å². The van der Waals surface area contributed by atoms with Gasteiger partial charge in [-0.3, -0.25) is 0 Å². The van der Waals surface area contributed by atoms with E-state index in [1.54, 1.807) is 0 Å². The summed E-state index contributed by atoms with van der Waals surface area (Å²) in [6, 6.07) is 0. The molecule has 0 heterocycles. The third-order valence-electron chi connectivity index (χ3n) is 5.54. The van der Waals surface area contributed by atoms with E-state index in [0.29, 0.717) is 11.3 Å². The van der Waals surface area contributed by atoms with E-state index >= 15 is 0 Å². The lowest BCUT2D eigenvalue weighted by molar-refractivity contribution is -0.136. The molecule has 0 aliphatic heterocycles. The minimum Gasteiger partial charge on any atom is -0.396 e. The van der Waals surface area contributed by atoms with E-state index in [1.807, 2.05) is 0 Å². The Morgan fingerprint density at radius 1 is 1.12 bits per heavy atom. The molecule has 0 spiro atoms. The molecule has 2 aliphatic carbocycles. The average Bonchev–Trinajstić information content (AvgIpc) is 2.15. The van der Waals surface area contributed by atoms with Crippen molar-refractivity contribution in [1.82, 2.24) is 0 Å². The Morgan fingerprint density at radius 3 is 2.44 bits per heavy atom. The first-order chi connectivity index (χ1) is 7.42. The molecular weight excluding hydrogens is 200 g/mol. The van der Waals surface area contributed by atoms with Crippen LogP contribution in [0, 0.1) is 22.7 Å². The minimum atomic E-state index is -0.292. The highest BCUT2D eigenvalue weighted by atomic mass is 16.3. The van der Waals surface area contributed by atoms with Gasteiger partial charge in [0.1, 0.15) is 0 Å². The maximum Gasteiger partial charge on any atom is 0.0595 e. The maximum atomic E-state index is 10.1. The van der Waals surface area contributed by atoms with Gasteiger partial charge in [-0.25, -0.2) is 0 Å². The number of aliphatic hydroxyl groups excluding tert-OH is 2. The molecule has 2 heteroatoms. The average molecular weight is 226 g/mol. The van der Waals surface area contributed by atoms with Gasteiger partial charge in [0.15, 0.2) is 0 Å². The smallest absolute Gasteiger partial charge is 0.0595 e. The summed E-state index contributed by atoms with van der Waals surface area (Å²) in [5.74, 6) is 0.750. The third-order valence-corrected chi connectivity index (χ3v) is 5.54. The molecule has 2 fully saturated rings. The molecule has 0 radical (unpaired) electrons. The number of fused-ring (bicyclic) bond motifs is 1. The first kappa shape index (κ1) is 12.4. The molecule has 2 rings (SSSR count). The second-order valence-corrected chi connectivity index (χ2v) is 6.83. The van der Waals surface area contributed by atoms with Crippen molar-refractivity contribution in [2.24, 2.45) is 22.7 Å². The van der Waals surface area contributed by atoms with Crippen LogP contribution in [0.3, 0.4) is 0 Å². The second kappa shape index (κ2) is 3.99. The van der Waals surface area contributed by atoms with Crippen LogP contribution in [0.25, 0.3) is 0 Å². The summed E-state index contributed by atoms with van der Waals surface area (Å²) < 4.78 is 0. The zero-order chi connectivity index (χ0) is 12.0. The Balaban J connectivity index is 2.31. The van der Waals surface area contributed by atoms with E-state index in [9.17, 15) is 10.2 Å². The van der Waals surface area contributed by atoms with Crippen molar-refractivity contribution in [3.05, 3.63) is 0 Å². The van der Waals surface area contributed by atoms with E-state index < -0.39 is 0 Å². The second-order valence-electron chi connectivity index (χ2n) is 6.83. The van der Waals surface area contributed by atoms with Crippen molar-refractivity contribution in [3.63, 3.8) is 0 Å². The highest BCUT2D eigenvalue weighted by Crippen LogP contribution is 2.59. The minimum absolute atomic E-state index is 0.0887. The van der Waals surface area contributed by atoms with Gasteiger partial charge in [-0.05, 0) is 42.4 Å². The number of rotatable bonds is 1. The molecule has 4 atom stereocenters. The summed E-state index contributed by atoms with van der Waals surface area (Å²) in [6.45, 7) is 7.16. The fourth-order valence-electron chi connectivity index (χ4n) is 4.64. The van der Waals surface area contributed by atoms with Gasteiger partial charge in [0.05, 0.1) is 6.10 Å². The van der Waals surface area contributed by atoms with Gasteiger partial charge in [0.2, 0.25) is 0 Å².